The maximum absolute atomic E-state index is 12.5. The number of benzene rings is 2. The van der Waals surface area contributed by atoms with Gasteiger partial charge in [0.2, 0.25) is 5.91 Å². The molecule has 0 aliphatic heterocycles. The summed E-state index contributed by atoms with van der Waals surface area (Å²) < 4.78 is 34.2. The third-order valence-corrected chi connectivity index (χ3v) is 3.43. The molecule has 0 atom stereocenters. The highest BCUT2D eigenvalue weighted by Crippen LogP contribution is 2.32. The minimum Gasteiger partial charge on any atom is -0.493 e. The van der Waals surface area contributed by atoms with Crippen LogP contribution in [0.5, 0.6) is 11.5 Å². The van der Waals surface area contributed by atoms with E-state index in [2.05, 4.69) is 10.1 Å². The van der Waals surface area contributed by atoms with E-state index in [4.69, 9.17) is 10.5 Å². The van der Waals surface area contributed by atoms with E-state index < -0.39 is 17.4 Å². The van der Waals surface area contributed by atoms with E-state index in [1.54, 1.807) is 6.07 Å². The van der Waals surface area contributed by atoms with Gasteiger partial charge in [0.25, 0.3) is 5.69 Å². The number of halogens is 2. The van der Waals surface area contributed by atoms with Crippen LogP contribution in [0.3, 0.4) is 0 Å². The minimum absolute atomic E-state index is 0.00972. The number of methoxy groups -OCH3 is 1. The lowest BCUT2D eigenvalue weighted by Gasteiger charge is -2.13. The van der Waals surface area contributed by atoms with Crippen molar-refractivity contribution < 1.29 is 28.0 Å². The molecule has 8 nitrogen and oxygen atoms in total. The fourth-order valence-corrected chi connectivity index (χ4v) is 2.21. The Kier molecular flexibility index (Phi) is 5.89. The van der Waals surface area contributed by atoms with Crippen molar-refractivity contribution in [2.45, 2.75) is 13.2 Å². The first-order valence-electron chi connectivity index (χ1n) is 7.25. The molecule has 0 aromatic heterocycles. The van der Waals surface area contributed by atoms with Crippen LogP contribution in [0.25, 0.3) is 0 Å². The summed E-state index contributed by atoms with van der Waals surface area (Å²) >= 11 is 0. The molecule has 0 aliphatic carbocycles. The van der Waals surface area contributed by atoms with E-state index in [1.165, 1.54) is 31.4 Å². The lowest BCUT2D eigenvalue weighted by atomic mass is 10.1. The Labute approximate surface area is 146 Å². The first kappa shape index (κ1) is 18.9. The van der Waals surface area contributed by atoms with E-state index in [0.717, 1.165) is 6.07 Å². The van der Waals surface area contributed by atoms with Crippen LogP contribution in [0.2, 0.25) is 0 Å². The molecule has 0 fully saturated rings. The van der Waals surface area contributed by atoms with Crippen molar-refractivity contribution in [2.75, 3.05) is 12.4 Å². The minimum atomic E-state index is -3.03. The molecule has 1 amide bonds. The number of ether oxygens (including phenoxy) is 2. The monoisotopic (exact) mass is 367 g/mol. The molecule has 2 aromatic carbocycles. The summed E-state index contributed by atoms with van der Waals surface area (Å²) in [6.45, 7) is -3.02. The molecule has 0 radical (unpaired) electrons. The second kappa shape index (κ2) is 8.10. The number of primary amides is 1. The van der Waals surface area contributed by atoms with Gasteiger partial charge in [-0.25, -0.2) is 0 Å². The highest BCUT2D eigenvalue weighted by atomic mass is 19.3. The topological polar surface area (TPSA) is 117 Å². The molecule has 0 saturated heterocycles. The molecule has 0 bridgehead atoms. The van der Waals surface area contributed by atoms with Crippen LogP contribution in [0, 0.1) is 10.1 Å². The number of carbonyl (C=O) groups excluding carboxylic acids is 1. The molecule has 10 heteroatoms. The zero-order chi connectivity index (χ0) is 19.3. The molecule has 3 N–H and O–H groups in total. The van der Waals surface area contributed by atoms with Gasteiger partial charge in [0.05, 0.1) is 12.0 Å². The number of nitrogens with two attached hydrogens (primary N) is 1. The molecule has 0 heterocycles. The average Bonchev–Trinajstić information content (AvgIpc) is 2.59. The first-order valence-corrected chi connectivity index (χ1v) is 7.25. The lowest BCUT2D eigenvalue weighted by molar-refractivity contribution is -0.385. The van der Waals surface area contributed by atoms with E-state index in [-0.39, 0.29) is 34.9 Å². The molecule has 2 aromatic rings. The third-order valence-electron chi connectivity index (χ3n) is 3.43. The summed E-state index contributed by atoms with van der Waals surface area (Å²) in [7, 11) is 1.31. The van der Waals surface area contributed by atoms with Gasteiger partial charge in [-0.15, -0.1) is 0 Å². The third kappa shape index (κ3) is 4.56. The number of alkyl halides is 2. The maximum atomic E-state index is 12.5. The second-order valence-electron chi connectivity index (χ2n) is 5.06. The van der Waals surface area contributed by atoms with Crippen LogP contribution >= 0.6 is 0 Å². The Morgan fingerprint density at radius 1 is 1.27 bits per heavy atom. The fraction of sp³-hybridized carbons (Fsp3) is 0.188. The van der Waals surface area contributed by atoms with Gasteiger partial charge in [0, 0.05) is 35.5 Å². The van der Waals surface area contributed by atoms with E-state index in [9.17, 15) is 23.7 Å². The summed E-state index contributed by atoms with van der Waals surface area (Å²) in [6, 6.07) is 8.09. The van der Waals surface area contributed by atoms with Gasteiger partial charge < -0.3 is 20.5 Å². The van der Waals surface area contributed by atoms with Gasteiger partial charge in [0.1, 0.15) is 0 Å². The number of rotatable bonds is 8. The number of nitrogens with zero attached hydrogens (tertiary/aromatic N) is 1. The standard InChI is InChI=1S/C16H15F2N3O5/c1-25-13-5-4-11(7-14(13)26-16(17)18)20-8-10-3-2-9(15(19)22)6-12(10)21(23)24/h2-7,16,20H,8H2,1H3,(H2,19,22). The lowest BCUT2D eigenvalue weighted by Crippen LogP contribution is -2.12. The van der Waals surface area contributed by atoms with Crippen LogP contribution < -0.4 is 20.5 Å². The van der Waals surface area contributed by atoms with E-state index in [0.29, 0.717) is 5.69 Å². The summed E-state index contributed by atoms with van der Waals surface area (Å²) in [6.07, 6.45) is 0. The van der Waals surface area contributed by atoms with Crippen molar-refractivity contribution in [1.29, 1.82) is 0 Å². The van der Waals surface area contributed by atoms with Crippen LogP contribution in [-0.2, 0) is 6.54 Å². The number of nitrogens with one attached hydrogen (secondary N) is 1. The number of amides is 1. The molecule has 138 valence electrons. The smallest absolute Gasteiger partial charge is 0.387 e. The largest absolute Gasteiger partial charge is 0.493 e. The maximum Gasteiger partial charge on any atom is 0.387 e. The quantitative estimate of drug-likeness (QED) is 0.547. The molecule has 26 heavy (non-hydrogen) atoms. The number of hydrogen-bond acceptors (Lipinski definition) is 6. The highest BCUT2D eigenvalue weighted by Gasteiger charge is 2.17. The van der Waals surface area contributed by atoms with Gasteiger partial charge in [-0.1, -0.05) is 0 Å². The Morgan fingerprint density at radius 2 is 2.00 bits per heavy atom. The Hall–Kier alpha value is -3.43. The second-order valence-corrected chi connectivity index (χ2v) is 5.06. The number of hydrogen-bond donors (Lipinski definition) is 2. The van der Waals surface area contributed by atoms with Crippen molar-refractivity contribution >= 4 is 17.3 Å². The summed E-state index contributed by atoms with van der Waals surface area (Å²) in [5.41, 5.74) is 5.51. The Bertz CT molecular complexity index is 830. The van der Waals surface area contributed by atoms with Gasteiger partial charge in [-0.3, -0.25) is 14.9 Å². The molecule has 0 unspecified atom stereocenters. The number of nitro groups is 1. The van der Waals surface area contributed by atoms with Crippen LogP contribution in [0.1, 0.15) is 15.9 Å². The van der Waals surface area contributed by atoms with Crippen LogP contribution in [-0.4, -0.2) is 24.6 Å². The predicted octanol–water partition coefficient (Wildman–Crippen LogP) is 2.92. The normalized spacial score (nSPS) is 10.5. The van der Waals surface area contributed by atoms with Crippen molar-refractivity contribution in [3.63, 3.8) is 0 Å². The molecule has 0 aliphatic rings. The summed E-state index contributed by atoms with van der Waals surface area (Å²) in [5, 5.41) is 14.0. The van der Waals surface area contributed by atoms with Crippen LogP contribution in [0.15, 0.2) is 36.4 Å². The number of anilines is 1. The van der Waals surface area contributed by atoms with Crippen molar-refractivity contribution in [3.05, 3.63) is 57.6 Å². The van der Waals surface area contributed by atoms with E-state index in [1.807, 2.05) is 0 Å². The molecular formula is C16H15F2N3O5. The molecule has 0 spiro atoms. The molecule has 0 saturated carbocycles. The number of carbonyl (C=O) groups is 1. The SMILES string of the molecule is COc1ccc(NCc2ccc(C(N)=O)cc2[N+](=O)[O-])cc1OC(F)F. The summed E-state index contributed by atoms with van der Waals surface area (Å²) in [5.74, 6) is -0.838. The summed E-state index contributed by atoms with van der Waals surface area (Å²) in [4.78, 5) is 21.7. The van der Waals surface area contributed by atoms with Crippen molar-refractivity contribution in [1.82, 2.24) is 0 Å². The zero-order valence-corrected chi connectivity index (χ0v) is 13.6. The fourth-order valence-electron chi connectivity index (χ4n) is 2.21. The zero-order valence-electron chi connectivity index (χ0n) is 13.6. The van der Waals surface area contributed by atoms with Gasteiger partial charge in [-0.05, 0) is 24.3 Å². The van der Waals surface area contributed by atoms with Gasteiger partial charge in [-0.2, -0.15) is 8.78 Å². The van der Waals surface area contributed by atoms with Gasteiger partial charge in [0.15, 0.2) is 11.5 Å². The van der Waals surface area contributed by atoms with Crippen molar-refractivity contribution in [3.8, 4) is 11.5 Å². The molecule has 2 rings (SSSR count). The molecular weight excluding hydrogens is 352 g/mol. The van der Waals surface area contributed by atoms with Crippen LogP contribution in [0.4, 0.5) is 20.2 Å². The first-order chi connectivity index (χ1) is 12.3. The Balaban J connectivity index is 2.23. The average molecular weight is 367 g/mol. The Morgan fingerprint density at radius 3 is 2.58 bits per heavy atom. The predicted molar refractivity (Wildman–Crippen MR) is 88.6 cm³/mol. The number of nitro benzene ring substituents is 1. The van der Waals surface area contributed by atoms with Gasteiger partial charge >= 0.3 is 6.61 Å². The highest BCUT2D eigenvalue weighted by molar-refractivity contribution is 5.93. The van der Waals surface area contributed by atoms with Crippen molar-refractivity contribution in [2.24, 2.45) is 5.73 Å². The van der Waals surface area contributed by atoms with E-state index >= 15 is 0 Å².